The minimum absolute atomic E-state index is 0.0258. The minimum Gasteiger partial charge on any atom is -0.346 e. The van der Waals surface area contributed by atoms with Gasteiger partial charge < -0.3 is 15.5 Å². The topological polar surface area (TPSA) is 79.3 Å². The van der Waals surface area contributed by atoms with Gasteiger partial charge in [-0.25, -0.2) is 4.39 Å². The smallest absolute Gasteiger partial charge is 0.313 e. The van der Waals surface area contributed by atoms with Crippen molar-refractivity contribution < 1.29 is 14.0 Å². The first-order valence-corrected chi connectivity index (χ1v) is 7.78. The van der Waals surface area contributed by atoms with Crippen molar-refractivity contribution in [1.82, 2.24) is 20.0 Å². The van der Waals surface area contributed by atoms with Crippen molar-refractivity contribution in [2.24, 2.45) is 7.05 Å². The van der Waals surface area contributed by atoms with E-state index in [1.807, 2.05) is 25.2 Å². The summed E-state index contributed by atoms with van der Waals surface area (Å²) in [6.45, 7) is 1.96. The predicted octanol–water partition coefficient (Wildman–Crippen LogP) is 1.23. The highest BCUT2D eigenvalue weighted by Gasteiger charge is 2.20. The Morgan fingerprint density at radius 2 is 2.04 bits per heavy atom. The van der Waals surface area contributed by atoms with E-state index < -0.39 is 17.6 Å². The molecule has 0 radical (unpaired) electrons. The lowest BCUT2D eigenvalue weighted by Gasteiger charge is -2.23. The summed E-state index contributed by atoms with van der Waals surface area (Å²) < 4.78 is 15.4. The number of hydrogen-bond donors (Lipinski definition) is 2. The number of hydrogen-bond acceptors (Lipinski definition) is 4. The van der Waals surface area contributed by atoms with Crippen LogP contribution in [0.15, 0.2) is 30.6 Å². The zero-order valence-electron chi connectivity index (χ0n) is 14.7. The number of rotatable bonds is 5. The Bertz CT molecular complexity index is 772. The standard InChI is InChI=1S/C17H22FN5O2/c1-11-5-6-14(13(18)7-11)21-17(25)16(24)19-9-15(22(2)3)12-8-20-23(4)10-12/h5-8,10,15H,9H2,1-4H3,(H,19,24)(H,21,25)/t15-/m1/s1. The van der Waals surface area contributed by atoms with Gasteiger partial charge in [0.1, 0.15) is 5.82 Å². The molecule has 0 aliphatic heterocycles. The normalized spacial score (nSPS) is 12.1. The van der Waals surface area contributed by atoms with Crippen molar-refractivity contribution in [2.75, 3.05) is 26.0 Å². The molecule has 7 nitrogen and oxygen atoms in total. The van der Waals surface area contributed by atoms with E-state index in [1.165, 1.54) is 12.1 Å². The molecule has 1 aromatic heterocycles. The molecule has 134 valence electrons. The summed E-state index contributed by atoms with van der Waals surface area (Å²) >= 11 is 0. The molecule has 0 saturated carbocycles. The van der Waals surface area contributed by atoms with Gasteiger partial charge in [-0.2, -0.15) is 5.10 Å². The zero-order valence-corrected chi connectivity index (χ0v) is 14.7. The molecule has 25 heavy (non-hydrogen) atoms. The molecule has 0 aliphatic carbocycles. The average molecular weight is 347 g/mol. The maximum absolute atomic E-state index is 13.8. The number of aryl methyl sites for hydroxylation is 2. The molecule has 2 rings (SSSR count). The number of carbonyl (C=O) groups excluding carboxylic acids is 2. The Hall–Kier alpha value is -2.74. The molecule has 1 aromatic carbocycles. The van der Waals surface area contributed by atoms with Crippen LogP contribution in [-0.4, -0.2) is 47.1 Å². The van der Waals surface area contributed by atoms with Crippen LogP contribution in [-0.2, 0) is 16.6 Å². The summed E-state index contributed by atoms with van der Waals surface area (Å²) in [4.78, 5) is 25.9. The van der Waals surface area contributed by atoms with Crippen LogP contribution in [0.5, 0.6) is 0 Å². The van der Waals surface area contributed by atoms with Gasteiger partial charge in [0.05, 0.1) is 17.9 Å². The van der Waals surface area contributed by atoms with Crippen LogP contribution in [0.1, 0.15) is 17.2 Å². The Morgan fingerprint density at radius 1 is 1.32 bits per heavy atom. The number of amides is 2. The molecule has 0 aliphatic rings. The monoisotopic (exact) mass is 347 g/mol. The molecule has 0 saturated heterocycles. The highest BCUT2D eigenvalue weighted by molar-refractivity contribution is 6.39. The number of nitrogens with zero attached hydrogens (tertiary/aromatic N) is 3. The predicted molar refractivity (Wildman–Crippen MR) is 92.4 cm³/mol. The van der Waals surface area contributed by atoms with Gasteiger partial charge in [-0.1, -0.05) is 6.07 Å². The van der Waals surface area contributed by atoms with Crippen LogP contribution in [0, 0.1) is 12.7 Å². The second kappa shape index (κ2) is 7.89. The second-order valence-electron chi connectivity index (χ2n) is 6.07. The molecule has 2 amide bonds. The van der Waals surface area contributed by atoms with E-state index in [9.17, 15) is 14.0 Å². The fourth-order valence-electron chi connectivity index (χ4n) is 2.38. The summed E-state index contributed by atoms with van der Waals surface area (Å²) in [5.41, 5.74) is 1.62. The van der Waals surface area contributed by atoms with Gasteiger partial charge >= 0.3 is 11.8 Å². The molecular formula is C17H22FN5O2. The van der Waals surface area contributed by atoms with E-state index in [0.717, 1.165) is 11.1 Å². The third kappa shape index (κ3) is 4.87. The first kappa shape index (κ1) is 18.6. The molecule has 2 N–H and O–H groups in total. The summed E-state index contributed by atoms with van der Waals surface area (Å²) in [7, 11) is 5.54. The van der Waals surface area contributed by atoms with Crippen LogP contribution in [0.2, 0.25) is 0 Å². The zero-order chi connectivity index (χ0) is 18.6. The lowest BCUT2D eigenvalue weighted by atomic mass is 10.1. The number of benzene rings is 1. The molecule has 0 unspecified atom stereocenters. The fourth-order valence-corrected chi connectivity index (χ4v) is 2.38. The third-order valence-corrected chi connectivity index (χ3v) is 3.77. The Kier molecular flexibility index (Phi) is 5.87. The molecule has 1 heterocycles. The maximum atomic E-state index is 13.8. The Morgan fingerprint density at radius 3 is 2.60 bits per heavy atom. The number of nitrogens with one attached hydrogen (secondary N) is 2. The van der Waals surface area contributed by atoms with Crippen molar-refractivity contribution in [1.29, 1.82) is 0 Å². The summed E-state index contributed by atoms with van der Waals surface area (Å²) in [5, 5.41) is 8.96. The van der Waals surface area contributed by atoms with Crippen molar-refractivity contribution in [3.63, 3.8) is 0 Å². The Labute approximate surface area is 145 Å². The molecule has 0 fully saturated rings. The van der Waals surface area contributed by atoms with Gasteiger partial charge in [0.15, 0.2) is 0 Å². The van der Waals surface area contributed by atoms with Crippen LogP contribution in [0.25, 0.3) is 0 Å². The highest BCUT2D eigenvalue weighted by Crippen LogP contribution is 2.17. The van der Waals surface area contributed by atoms with Crippen molar-refractivity contribution >= 4 is 17.5 Å². The van der Waals surface area contributed by atoms with E-state index in [2.05, 4.69) is 15.7 Å². The maximum Gasteiger partial charge on any atom is 0.313 e. The average Bonchev–Trinajstić information content (AvgIpc) is 2.95. The van der Waals surface area contributed by atoms with Crippen molar-refractivity contribution in [2.45, 2.75) is 13.0 Å². The SMILES string of the molecule is Cc1ccc(NC(=O)C(=O)NC[C@H](c2cnn(C)c2)N(C)C)c(F)c1. The highest BCUT2D eigenvalue weighted by atomic mass is 19.1. The summed E-state index contributed by atoms with van der Waals surface area (Å²) in [5.74, 6) is -2.31. The number of aromatic nitrogens is 2. The van der Waals surface area contributed by atoms with Crippen molar-refractivity contribution in [3.8, 4) is 0 Å². The van der Waals surface area contributed by atoms with Gasteiger partial charge in [-0.15, -0.1) is 0 Å². The summed E-state index contributed by atoms with van der Waals surface area (Å²) in [6, 6.07) is 4.23. The van der Waals surface area contributed by atoms with Gasteiger partial charge in [0, 0.05) is 25.4 Å². The molecule has 0 spiro atoms. The van der Waals surface area contributed by atoms with Crippen LogP contribution in [0.3, 0.4) is 0 Å². The van der Waals surface area contributed by atoms with Crippen molar-refractivity contribution in [3.05, 3.63) is 47.5 Å². The van der Waals surface area contributed by atoms with Crippen LogP contribution >= 0.6 is 0 Å². The number of halogens is 1. The lowest BCUT2D eigenvalue weighted by molar-refractivity contribution is -0.136. The number of carbonyl (C=O) groups is 2. The van der Waals surface area contributed by atoms with E-state index in [1.54, 1.807) is 30.9 Å². The second-order valence-corrected chi connectivity index (χ2v) is 6.07. The van der Waals surface area contributed by atoms with Gasteiger partial charge in [-0.05, 0) is 38.7 Å². The van der Waals surface area contributed by atoms with Crippen LogP contribution in [0.4, 0.5) is 10.1 Å². The molecule has 2 aromatic rings. The first-order valence-electron chi connectivity index (χ1n) is 7.78. The molecule has 8 heteroatoms. The number of likely N-dealkylation sites (N-methyl/N-ethyl adjacent to an activating group) is 1. The minimum atomic E-state index is -0.911. The van der Waals surface area contributed by atoms with Gasteiger partial charge in [0.2, 0.25) is 0 Å². The summed E-state index contributed by atoms with van der Waals surface area (Å²) in [6.07, 6.45) is 3.55. The van der Waals surface area contributed by atoms with E-state index in [4.69, 9.17) is 0 Å². The third-order valence-electron chi connectivity index (χ3n) is 3.77. The van der Waals surface area contributed by atoms with E-state index in [0.29, 0.717) is 0 Å². The lowest BCUT2D eigenvalue weighted by Crippen LogP contribution is -2.40. The van der Waals surface area contributed by atoms with Crippen LogP contribution < -0.4 is 10.6 Å². The Balaban J connectivity index is 1.97. The largest absolute Gasteiger partial charge is 0.346 e. The van der Waals surface area contributed by atoms with Gasteiger partial charge in [-0.3, -0.25) is 14.3 Å². The first-order chi connectivity index (χ1) is 11.8. The number of anilines is 1. The van der Waals surface area contributed by atoms with Gasteiger partial charge in [0.25, 0.3) is 0 Å². The molecule has 1 atom stereocenters. The molecular weight excluding hydrogens is 325 g/mol. The fraction of sp³-hybridized carbons (Fsp3) is 0.353. The quantitative estimate of drug-likeness (QED) is 0.797. The molecule has 0 bridgehead atoms. The van der Waals surface area contributed by atoms with E-state index >= 15 is 0 Å². The van der Waals surface area contributed by atoms with E-state index in [-0.39, 0.29) is 18.3 Å².